The molecule has 0 bridgehead atoms. The Kier molecular flexibility index (Phi) is 9.33. The molecule has 0 aliphatic rings. The van der Waals surface area contributed by atoms with Crippen molar-refractivity contribution in [1.82, 2.24) is 5.32 Å². The van der Waals surface area contributed by atoms with E-state index < -0.39 is 8.32 Å². The van der Waals surface area contributed by atoms with Gasteiger partial charge >= 0.3 is 0 Å². The fraction of sp³-hybridized carbons (Fsp3) is 1.00. The molecule has 4 nitrogen and oxygen atoms in total. The van der Waals surface area contributed by atoms with Crippen LogP contribution >= 0.6 is 0 Å². The molecule has 3 N–H and O–H groups in total. The van der Waals surface area contributed by atoms with Crippen LogP contribution in [0.4, 0.5) is 0 Å². The zero-order valence-corrected chi connectivity index (χ0v) is 11.3. The summed E-state index contributed by atoms with van der Waals surface area (Å²) in [7, 11) is 1.96. The zero-order valence-electron chi connectivity index (χ0n) is 10.3. The molecule has 0 spiro atoms. The van der Waals surface area contributed by atoms with Crippen molar-refractivity contribution in [3.05, 3.63) is 0 Å². The van der Waals surface area contributed by atoms with Crippen molar-refractivity contribution in [3.8, 4) is 0 Å². The molecule has 0 saturated heterocycles. The van der Waals surface area contributed by atoms with Crippen molar-refractivity contribution in [2.45, 2.75) is 25.4 Å². The van der Waals surface area contributed by atoms with Crippen LogP contribution in [0.25, 0.3) is 0 Å². The molecular weight excluding hydrogens is 208 g/mol. The molecule has 0 heterocycles. The Morgan fingerprint density at radius 3 is 2.40 bits per heavy atom. The van der Waals surface area contributed by atoms with E-state index in [0.29, 0.717) is 0 Å². The molecule has 0 aromatic rings. The Labute approximate surface area is 94.6 Å². The fourth-order valence-electron chi connectivity index (χ4n) is 1.48. The van der Waals surface area contributed by atoms with Crippen molar-refractivity contribution in [2.24, 2.45) is 5.73 Å². The van der Waals surface area contributed by atoms with Crippen LogP contribution in [0.5, 0.6) is 0 Å². The first-order valence-electron chi connectivity index (χ1n) is 5.63. The van der Waals surface area contributed by atoms with Gasteiger partial charge in [0.25, 0.3) is 0 Å². The van der Waals surface area contributed by atoms with Gasteiger partial charge in [0.1, 0.15) is 0 Å². The Bertz CT molecular complexity index is 149. The number of rotatable bonds is 10. The first-order valence-corrected chi connectivity index (χ1v) is 8.45. The quantitative estimate of drug-likeness (QED) is 0.432. The minimum Gasteiger partial charge on any atom is -0.418 e. The molecular formula is C10H26N2O2Si. The maximum atomic E-state index is 5.57. The van der Waals surface area contributed by atoms with Crippen LogP contribution in [0.3, 0.4) is 0 Å². The Morgan fingerprint density at radius 1 is 1.20 bits per heavy atom. The topological polar surface area (TPSA) is 56.5 Å². The number of nitrogens with two attached hydrogens (primary N) is 1. The number of hydrogen-bond acceptors (Lipinski definition) is 4. The predicted molar refractivity (Wildman–Crippen MR) is 66.5 cm³/mol. The number of ether oxygens (including phenoxy) is 1. The highest BCUT2D eigenvalue weighted by Crippen LogP contribution is 2.12. The summed E-state index contributed by atoms with van der Waals surface area (Å²) in [4.78, 5) is 0. The summed E-state index contributed by atoms with van der Waals surface area (Å²) in [6.07, 6.45) is 2.99. The van der Waals surface area contributed by atoms with Crippen molar-refractivity contribution in [2.75, 3.05) is 40.1 Å². The normalized spacial score (nSPS) is 15.2. The summed E-state index contributed by atoms with van der Waals surface area (Å²) >= 11 is 0. The van der Waals surface area contributed by atoms with E-state index in [0.717, 1.165) is 44.8 Å². The maximum absolute atomic E-state index is 5.57. The summed E-state index contributed by atoms with van der Waals surface area (Å²) in [6.45, 7) is 5.05. The lowest BCUT2D eigenvalue weighted by molar-refractivity contribution is 0.221. The van der Waals surface area contributed by atoms with Gasteiger partial charge in [-0.05, 0) is 45.1 Å². The zero-order chi connectivity index (χ0) is 11.6. The van der Waals surface area contributed by atoms with Gasteiger partial charge in [0.15, 0.2) is 0 Å². The second-order valence-corrected chi connectivity index (χ2v) is 8.18. The third kappa shape index (κ3) is 7.93. The summed E-state index contributed by atoms with van der Waals surface area (Å²) in [5, 5.41) is 3.37. The molecule has 0 aliphatic carbocycles. The summed E-state index contributed by atoms with van der Waals surface area (Å²) in [6, 6.07) is 1.15. The first-order chi connectivity index (χ1) is 7.18. The standard InChI is InChI=1S/C10H26N2O2Si/c1-13-10-15(3,14-2)9-5-8-12-7-4-6-11/h12H,4-11H2,1-3H3. The summed E-state index contributed by atoms with van der Waals surface area (Å²) in [5.41, 5.74) is 5.40. The molecule has 0 rings (SSSR count). The lowest BCUT2D eigenvalue weighted by Crippen LogP contribution is -2.39. The largest absolute Gasteiger partial charge is 0.418 e. The predicted octanol–water partition coefficient (Wildman–Crippen LogP) is 0.722. The number of nitrogens with one attached hydrogen (secondary N) is 1. The van der Waals surface area contributed by atoms with E-state index in [1.54, 1.807) is 14.2 Å². The number of hydrogen-bond donors (Lipinski definition) is 2. The number of methoxy groups -OCH3 is 1. The van der Waals surface area contributed by atoms with Crippen molar-refractivity contribution >= 4 is 8.32 Å². The molecule has 5 heteroatoms. The van der Waals surface area contributed by atoms with Crippen LogP contribution in [0, 0.1) is 0 Å². The van der Waals surface area contributed by atoms with Gasteiger partial charge in [-0.3, -0.25) is 0 Å². The average Bonchev–Trinajstić information content (AvgIpc) is 2.24. The summed E-state index contributed by atoms with van der Waals surface area (Å²) in [5.74, 6) is 0. The van der Waals surface area contributed by atoms with E-state index in [-0.39, 0.29) is 0 Å². The highest BCUT2D eigenvalue weighted by molar-refractivity contribution is 6.72. The lowest BCUT2D eigenvalue weighted by Gasteiger charge is -2.24. The van der Waals surface area contributed by atoms with Crippen molar-refractivity contribution in [1.29, 1.82) is 0 Å². The van der Waals surface area contributed by atoms with Crippen LogP contribution in [-0.4, -0.2) is 48.4 Å². The van der Waals surface area contributed by atoms with E-state index in [9.17, 15) is 0 Å². The van der Waals surface area contributed by atoms with E-state index in [2.05, 4.69) is 11.9 Å². The Hall–Kier alpha value is 0.0569. The molecule has 0 amide bonds. The second kappa shape index (κ2) is 9.29. The van der Waals surface area contributed by atoms with Gasteiger partial charge < -0.3 is 20.2 Å². The van der Waals surface area contributed by atoms with Crippen molar-refractivity contribution in [3.63, 3.8) is 0 Å². The lowest BCUT2D eigenvalue weighted by atomic mass is 10.4. The fourth-order valence-corrected chi connectivity index (χ4v) is 3.48. The molecule has 0 aliphatic heterocycles. The van der Waals surface area contributed by atoms with Gasteiger partial charge in [0, 0.05) is 14.2 Å². The molecule has 1 atom stereocenters. The molecule has 15 heavy (non-hydrogen) atoms. The minimum atomic E-state index is -1.58. The summed E-state index contributed by atoms with van der Waals surface area (Å²) < 4.78 is 10.8. The van der Waals surface area contributed by atoms with E-state index in [1.807, 2.05) is 0 Å². The van der Waals surface area contributed by atoms with Crippen molar-refractivity contribution < 1.29 is 9.16 Å². The van der Waals surface area contributed by atoms with E-state index in [1.165, 1.54) is 0 Å². The Morgan fingerprint density at radius 2 is 1.87 bits per heavy atom. The molecule has 1 unspecified atom stereocenters. The highest BCUT2D eigenvalue weighted by atomic mass is 28.4. The molecule has 0 radical (unpaired) electrons. The molecule has 0 fully saturated rings. The van der Waals surface area contributed by atoms with Gasteiger partial charge in [-0.25, -0.2) is 0 Å². The average molecular weight is 234 g/mol. The molecule has 0 saturated carbocycles. The Balaban J connectivity index is 3.46. The SMILES string of the molecule is COC[Si](C)(CCCNCCCN)OC. The van der Waals surface area contributed by atoms with Crippen LogP contribution in [0.15, 0.2) is 0 Å². The van der Waals surface area contributed by atoms with Gasteiger partial charge in [-0.2, -0.15) is 0 Å². The van der Waals surface area contributed by atoms with Crippen LogP contribution in [-0.2, 0) is 9.16 Å². The monoisotopic (exact) mass is 234 g/mol. The van der Waals surface area contributed by atoms with Gasteiger partial charge in [-0.1, -0.05) is 0 Å². The van der Waals surface area contributed by atoms with Gasteiger partial charge in [-0.15, -0.1) is 0 Å². The molecule has 0 aromatic carbocycles. The van der Waals surface area contributed by atoms with Crippen LogP contribution in [0.1, 0.15) is 12.8 Å². The smallest absolute Gasteiger partial charge is 0.214 e. The van der Waals surface area contributed by atoms with E-state index in [4.69, 9.17) is 14.9 Å². The highest BCUT2D eigenvalue weighted by Gasteiger charge is 2.26. The second-order valence-electron chi connectivity index (χ2n) is 4.08. The third-order valence-corrected chi connectivity index (χ3v) is 5.86. The van der Waals surface area contributed by atoms with Crippen LogP contribution < -0.4 is 11.1 Å². The van der Waals surface area contributed by atoms with Gasteiger partial charge in [0.2, 0.25) is 8.32 Å². The van der Waals surface area contributed by atoms with E-state index >= 15 is 0 Å². The molecule has 0 aromatic heterocycles. The minimum absolute atomic E-state index is 0.765. The van der Waals surface area contributed by atoms with Crippen LogP contribution in [0.2, 0.25) is 12.6 Å². The maximum Gasteiger partial charge on any atom is 0.214 e. The molecule has 92 valence electrons. The first kappa shape index (κ1) is 15.1. The third-order valence-electron chi connectivity index (χ3n) is 2.56. The van der Waals surface area contributed by atoms with Gasteiger partial charge in [0.05, 0.1) is 6.23 Å².